The third-order valence-electron chi connectivity index (χ3n) is 4.54. The lowest BCUT2D eigenvalue weighted by Gasteiger charge is -2.27. The van der Waals surface area contributed by atoms with Crippen molar-refractivity contribution in [3.8, 4) is 17.6 Å². The van der Waals surface area contributed by atoms with Gasteiger partial charge in [-0.05, 0) is 36.1 Å². The zero-order valence-corrected chi connectivity index (χ0v) is 16.7. The van der Waals surface area contributed by atoms with Crippen molar-refractivity contribution in [2.24, 2.45) is 0 Å². The molecule has 0 bridgehead atoms. The topological polar surface area (TPSA) is 12.5 Å². The van der Waals surface area contributed by atoms with Gasteiger partial charge < -0.3 is 4.74 Å². The Bertz CT molecular complexity index is 724. The number of unbranched alkanes of at least 4 members (excludes halogenated alkanes) is 2. The molecule has 0 aliphatic carbocycles. The highest BCUT2D eigenvalue weighted by Gasteiger charge is 2.16. The van der Waals surface area contributed by atoms with Crippen molar-refractivity contribution in [1.29, 1.82) is 0 Å². The molecule has 0 heterocycles. The lowest BCUT2D eigenvalue weighted by molar-refractivity contribution is 0.250. The Morgan fingerprint density at radius 2 is 1.81 bits per heavy atom. The molecule has 2 aromatic rings. The van der Waals surface area contributed by atoms with Crippen LogP contribution in [0, 0.1) is 11.8 Å². The summed E-state index contributed by atoms with van der Waals surface area (Å²) in [6, 6.07) is 19.1. The van der Waals surface area contributed by atoms with Gasteiger partial charge in [-0.15, -0.1) is 12.5 Å². The van der Waals surface area contributed by atoms with Crippen molar-refractivity contribution in [2.45, 2.75) is 45.2 Å². The summed E-state index contributed by atoms with van der Waals surface area (Å²) in [6.07, 6.45) is 6.19. The average molecular weight is 362 g/mol. The maximum absolute atomic E-state index is 5.27. The van der Waals surface area contributed by atoms with Gasteiger partial charge in [0.2, 0.25) is 0 Å². The first-order valence-electron chi connectivity index (χ1n) is 9.77. The Kier molecular flexibility index (Phi) is 9.24. The maximum atomic E-state index is 5.27. The molecule has 0 saturated carbocycles. The average Bonchev–Trinajstić information content (AvgIpc) is 2.71. The fraction of sp³-hybridized carbons (Fsp3) is 0.360. The van der Waals surface area contributed by atoms with Gasteiger partial charge in [-0.1, -0.05) is 67.8 Å². The van der Waals surface area contributed by atoms with Crippen LogP contribution in [0.25, 0.3) is 0 Å². The number of methoxy groups -OCH3 is 1. The summed E-state index contributed by atoms with van der Waals surface area (Å²) in [5.74, 6) is 7.82. The summed E-state index contributed by atoms with van der Waals surface area (Å²) in [5.41, 5.74) is 2.57. The van der Waals surface area contributed by atoms with E-state index in [0.717, 1.165) is 38.1 Å². The Balaban J connectivity index is 2.19. The minimum absolute atomic E-state index is 0.171. The smallest absolute Gasteiger partial charge is 0.118 e. The van der Waals surface area contributed by atoms with Gasteiger partial charge in [0, 0.05) is 19.5 Å². The van der Waals surface area contributed by atoms with E-state index < -0.39 is 0 Å². The highest BCUT2D eigenvalue weighted by atomic mass is 16.5. The molecule has 2 aromatic carbocycles. The molecule has 0 amide bonds. The molecule has 0 fully saturated rings. The van der Waals surface area contributed by atoms with Crippen molar-refractivity contribution in [3.63, 3.8) is 0 Å². The zero-order valence-electron chi connectivity index (χ0n) is 16.7. The van der Waals surface area contributed by atoms with Gasteiger partial charge in [0.25, 0.3) is 0 Å². The second-order valence-corrected chi connectivity index (χ2v) is 6.70. The molecular formula is C25H31NO. The Morgan fingerprint density at radius 1 is 1.07 bits per heavy atom. The minimum Gasteiger partial charge on any atom is -0.497 e. The van der Waals surface area contributed by atoms with Gasteiger partial charge in [-0.25, -0.2) is 0 Å². The van der Waals surface area contributed by atoms with Crippen LogP contribution in [0.1, 0.15) is 37.3 Å². The second kappa shape index (κ2) is 12.0. The summed E-state index contributed by atoms with van der Waals surface area (Å²) >= 11 is 0. The van der Waals surface area contributed by atoms with E-state index in [1.54, 1.807) is 7.11 Å². The molecule has 0 spiro atoms. The molecule has 142 valence electrons. The molecule has 0 aromatic heterocycles. The standard InChI is InChI=1S/C25H31NO/c1-4-6-7-11-14-24(20-22-12-9-8-10-13-22)26(19-5-2)21-23-15-17-25(27-3)18-16-23/h5,8-10,12-13,15-18,24H,2,4,6-7,19-21H2,1,3H3. The molecule has 0 saturated heterocycles. The zero-order chi connectivity index (χ0) is 19.3. The van der Waals surface area contributed by atoms with Crippen LogP contribution in [0.3, 0.4) is 0 Å². The minimum atomic E-state index is 0.171. The van der Waals surface area contributed by atoms with E-state index in [-0.39, 0.29) is 6.04 Å². The van der Waals surface area contributed by atoms with Gasteiger partial charge in [-0.3, -0.25) is 4.90 Å². The lowest BCUT2D eigenvalue weighted by atomic mass is 10.0. The third kappa shape index (κ3) is 7.33. The predicted molar refractivity (Wildman–Crippen MR) is 115 cm³/mol. The van der Waals surface area contributed by atoms with Crippen LogP contribution in [0.15, 0.2) is 67.3 Å². The lowest BCUT2D eigenvalue weighted by Crippen LogP contribution is -2.35. The van der Waals surface area contributed by atoms with Gasteiger partial charge in [0.15, 0.2) is 0 Å². The van der Waals surface area contributed by atoms with Gasteiger partial charge in [0.1, 0.15) is 5.75 Å². The van der Waals surface area contributed by atoms with E-state index in [4.69, 9.17) is 4.74 Å². The SMILES string of the molecule is C=CCN(Cc1ccc(OC)cc1)C(C#CCCCC)Cc1ccccc1. The Labute approximate surface area is 164 Å². The first kappa shape index (κ1) is 20.8. The number of ether oxygens (including phenoxy) is 1. The summed E-state index contributed by atoms with van der Waals surface area (Å²) in [6.45, 7) is 7.82. The van der Waals surface area contributed by atoms with E-state index in [9.17, 15) is 0 Å². The van der Waals surface area contributed by atoms with E-state index in [2.05, 4.69) is 72.7 Å². The molecular weight excluding hydrogens is 330 g/mol. The van der Waals surface area contributed by atoms with Gasteiger partial charge in [-0.2, -0.15) is 0 Å². The highest BCUT2D eigenvalue weighted by molar-refractivity contribution is 5.28. The number of benzene rings is 2. The molecule has 2 rings (SSSR count). The summed E-state index contributed by atoms with van der Waals surface area (Å²) < 4.78 is 5.27. The van der Waals surface area contributed by atoms with E-state index in [1.165, 1.54) is 17.5 Å². The Hall–Kier alpha value is -2.50. The van der Waals surface area contributed by atoms with Crippen molar-refractivity contribution in [1.82, 2.24) is 4.90 Å². The highest BCUT2D eigenvalue weighted by Crippen LogP contribution is 2.16. The number of hydrogen-bond acceptors (Lipinski definition) is 2. The van der Waals surface area contributed by atoms with Gasteiger partial charge in [0.05, 0.1) is 13.2 Å². The van der Waals surface area contributed by atoms with Crippen LogP contribution in [0.4, 0.5) is 0 Å². The van der Waals surface area contributed by atoms with Crippen LogP contribution in [0.5, 0.6) is 5.75 Å². The normalized spacial score (nSPS) is 11.5. The van der Waals surface area contributed by atoms with Crippen LogP contribution in [-0.4, -0.2) is 24.6 Å². The van der Waals surface area contributed by atoms with Crippen molar-refractivity contribution in [2.75, 3.05) is 13.7 Å². The monoisotopic (exact) mass is 361 g/mol. The Morgan fingerprint density at radius 3 is 2.44 bits per heavy atom. The van der Waals surface area contributed by atoms with Crippen molar-refractivity contribution >= 4 is 0 Å². The fourth-order valence-electron chi connectivity index (χ4n) is 3.00. The van der Waals surface area contributed by atoms with Gasteiger partial charge >= 0.3 is 0 Å². The molecule has 0 aliphatic heterocycles. The molecule has 1 unspecified atom stereocenters. The molecule has 27 heavy (non-hydrogen) atoms. The molecule has 2 heteroatoms. The molecule has 0 aliphatic rings. The van der Waals surface area contributed by atoms with Crippen LogP contribution < -0.4 is 4.74 Å². The third-order valence-corrected chi connectivity index (χ3v) is 4.54. The summed E-state index contributed by atoms with van der Waals surface area (Å²) in [7, 11) is 1.70. The van der Waals surface area contributed by atoms with E-state index >= 15 is 0 Å². The first-order valence-corrected chi connectivity index (χ1v) is 9.77. The largest absolute Gasteiger partial charge is 0.497 e. The summed E-state index contributed by atoms with van der Waals surface area (Å²) in [4.78, 5) is 2.40. The fourth-order valence-corrected chi connectivity index (χ4v) is 3.00. The van der Waals surface area contributed by atoms with E-state index in [0.29, 0.717) is 0 Å². The number of rotatable bonds is 10. The van der Waals surface area contributed by atoms with Crippen molar-refractivity contribution in [3.05, 3.63) is 78.4 Å². The van der Waals surface area contributed by atoms with Crippen LogP contribution in [-0.2, 0) is 13.0 Å². The maximum Gasteiger partial charge on any atom is 0.118 e. The molecule has 1 atom stereocenters. The number of hydrogen-bond donors (Lipinski definition) is 0. The van der Waals surface area contributed by atoms with Crippen LogP contribution >= 0.6 is 0 Å². The molecule has 2 nitrogen and oxygen atoms in total. The summed E-state index contributed by atoms with van der Waals surface area (Å²) in [5, 5.41) is 0. The van der Waals surface area contributed by atoms with E-state index in [1.807, 2.05) is 18.2 Å². The molecule has 0 N–H and O–H groups in total. The quantitative estimate of drug-likeness (QED) is 0.315. The predicted octanol–water partition coefficient (Wildman–Crippen LogP) is 5.49. The molecule has 0 radical (unpaired) electrons. The van der Waals surface area contributed by atoms with Crippen molar-refractivity contribution < 1.29 is 4.74 Å². The van der Waals surface area contributed by atoms with Crippen LogP contribution in [0.2, 0.25) is 0 Å². The second-order valence-electron chi connectivity index (χ2n) is 6.70. The first-order chi connectivity index (χ1) is 13.3. The number of nitrogens with zero attached hydrogens (tertiary/aromatic N) is 1.